The van der Waals surface area contributed by atoms with Gasteiger partial charge in [0.1, 0.15) is 11.5 Å². The van der Waals surface area contributed by atoms with E-state index in [2.05, 4.69) is 15.4 Å². The minimum Gasteiger partial charge on any atom is -0.322 e. The quantitative estimate of drug-likeness (QED) is 0.602. The van der Waals surface area contributed by atoms with Gasteiger partial charge >= 0.3 is 0 Å². The molecule has 134 valence electrons. The van der Waals surface area contributed by atoms with Crippen molar-refractivity contribution in [2.45, 2.75) is 6.92 Å². The lowest BCUT2D eigenvalue weighted by atomic mass is 10.2. The summed E-state index contributed by atoms with van der Waals surface area (Å²) >= 11 is 0. The van der Waals surface area contributed by atoms with Crippen LogP contribution >= 0.6 is 0 Å². The van der Waals surface area contributed by atoms with Crippen LogP contribution in [0.2, 0.25) is 0 Å². The maximum Gasteiger partial charge on any atom is 0.259 e. The Morgan fingerprint density at radius 3 is 2.59 bits per heavy atom. The Bertz CT molecular complexity index is 1080. The number of nitrogens with one attached hydrogen (secondary N) is 1. The molecule has 0 spiro atoms. The Hall–Kier alpha value is -3.74. The third-order valence-corrected chi connectivity index (χ3v) is 4.26. The van der Waals surface area contributed by atoms with Gasteiger partial charge in [0.05, 0.1) is 23.8 Å². The molecule has 27 heavy (non-hydrogen) atoms. The topological polar surface area (TPSA) is 64.7 Å². The molecular formula is C20H16FN5O. The lowest BCUT2D eigenvalue weighted by Crippen LogP contribution is -2.13. The Kier molecular flexibility index (Phi) is 4.25. The molecule has 7 heteroatoms. The molecule has 0 radical (unpaired) electrons. The summed E-state index contributed by atoms with van der Waals surface area (Å²) < 4.78 is 17.3. The van der Waals surface area contributed by atoms with Crippen molar-refractivity contribution in [1.29, 1.82) is 0 Å². The Morgan fingerprint density at radius 2 is 1.89 bits per heavy atom. The number of imidazole rings is 1. The molecule has 0 aliphatic carbocycles. The summed E-state index contributed by atoms with van der Waals surface area (Å²) in [6.07, 6.45) is 6.69. The fourth-order valence-electron chi connectivity index (χ4n) is 2.83. The van der Waals surface area contributed by atoms with Gasteiger partial charge < -0.3 is 9.88 Å². The van der Waals surface area contributed by atoms with E-state index in [1.807, 2.05) is 35.0 Å². The maximum absolute atomic E-state index is 14.0. The van der Waals surface area contributed by atoms with Gasteiger partial charge in [-0.1, -0.05) is 12.1 Å². The number of halogens is 1. The number of anilines is 1. The van der Waals surface area contributed by atoms with Crippen molar-refractivity contribution in [1.82, 2.24) is 19.3 Å². The van der Waals surface area contributed by atoms with Crippen molar-refractivity contribution < 1.29 is 9.18 Å². The van der Waals surface area contributed by atoms with Crippen LogP contribution in [0, 0.1) is 12.7 Å². The summed E-state index contributed by atoms with van der Waals surface area (Å²) in [6, 6.07) is 13.7. The SMILES string of the molecule is Cc1c(C(=O)Nc2ccc(-n3ccnc3)cc2)cnn1-c1ccccc1F. The average molecular weight is 361 g/mol. The number of hydrogen-bond donors (Lipinski definition) is 1. The number of amides is 1. The monoisotopic (exact) mass is 361 g/mol. The molecule has 1 N–H and O–H groups in total. The molecule has 0 unspecified atom stereocenters. The van der Waals surface area contributed by atoms with E-state index < -0.39 is 5.82 Å². The van der Waals surface area contributed by atoms with E-state index >= 15 is 0 Å². The van der Waals surface area contributed by atoms with Crippen LogP contribution < -0.4 is 5.32 Å². The van der Waals surface area contributed by atoms with Crippen LogP contribution in [0.1, 0.15) is 16.1 Å². The van der Waals surface area contributed by atoms with Crippen LogP contribution in [-0.4, -0.2) is 25.2 Å². The normalized spacial score (nSPS) is 10.7. The van der Waals surface area contributed by atoms with Gasteiger partial charge in [0, 0.05) is 23.8 Å². The van der Waals surface area contributed by atoms with E-state index in [1.165, 1.54) is 16.9 Å². The number of carbonyl (C=O) groups is 1. The summed E-state index contributed by atoms with van der Waals surface area (Å²) in [7, 11) is 0. The summed E-state index contributed by atoms with van der Waals surface area (Å²) in [5.41, 5.74) is 2.85. The van der Waals surface area contributed by atoms with E-state index in [0.717, 1.165) is 5.69 Å². The fourth-order valence-corrected chi connectivity index (χ4v) is 2.83. The number of carbonyl (C=O) groups excluding carboxylic acids is 1. The van der Waals surface area contributed by atoms with E-state index in [-0.39, 0.29) is 5.91 Å². The number of nitrogens with zero attached hydrogens (tertiary/aromatic N) is 4. The first-order valence-electron chi connectivity index (χ1n) is 8.33. The predicted molar refractivity (Wildman–Crippen MR) is 99.8 cm³/mol. The second-order valence-electron chi connectivity index (χ2n) is 5.98. The second kappa shape index (κ2) is 6.87. The van der Waals surface area contributed by atoms with E-state index in [4.69, 9.17) is 0 Å². The van der Waals surface area contributed by atoms with Crippen LogP contribution in [0.25, 0.3) is 11.4 Å². The molecule has 4 rings (SSSR count). The van der Waals surface area contributed by atoms with E-state index in [9.17, 15) is 9.18 Å². The highest BCUT2D eigenvalue weighted by Crippen LogP contribution is 2.19. The van der Waals surface area contributed by atoms with Gasteiger partial charge in [0.2, 0.25) is 0 Å². The first kappa shape index (κ1) is 16.7. The van der Waals surface area contributed by atoms with Crippen LogP contribution in [-0.2, 0) is 0 Å². The molecule has 2 aromatic heterocycles. The Balaban J connectivity index is 1.55. The molecule has 0 atom stereocenters. The van der Waals surface area contributed by atoms with Crippen molar-refractivity contribution in [2.75, 3.05) is 5.32 Å². The first-order chi connectivity index (χ1) is 13.1. The standard InChI is InChI=1S/C20H16FN5O/c1-14-17(12-23-26(14)19-5-3-2-4-18(19)21)20(27)24-15-6-8-16(9-7-15)25-11-10-22-13-25/h2-13H,1H3,(H,24,27). The zero-order chi connectivity index (χ0) is 18.8. The highest BCUT2D eigenvalue weighted by molar-refractivity contribution is 6.05. The largest absolute Gasteiger partial charge is 0.322 e. The minimum atomic E-state index is -0.397. The van der Waals surface area contributed by atoms with Gasteiger partial charge in [-0.25, -0.2) is 14.1 Å². The van der Waals surface area contributed by atoms with Gasteiger partial charge in [-0.05, 0) is 43.3 Å². The molecule has 0 saturated carbocycles. The molecule has 4 aromatic rings. The number of aromatic nitrogens is 4. The third-order valence-electron chi connectivity index (χ3n) is 4.26. The summed E-state index contributed by atoms with van der Waals surface area (Å²) in [5, 5.41) is 7.00. The van der Waals surface area contributed by atoms with Crippen molar-refractivity contribution in [3.05, 3.63) is 90.5 Å². The van der Waals surface area contributed by atoms with Crippen molar-refractivity contribution in [3.8, 4) is 11.4 Å². The molecule has 2 aromatic carbocycles. The highest BCUT2D eigenvalue weighted by atomic mass is 19.1. The second-order valence-corrected chi connectivity index (χ2v) is 5.98. The molecule has 1 amide bonds. The summed E-state index contributed by atoms with van der Waals surface area (Å²) in [6.45, 7) is 1.73. The molecule has 2 heterocycles. The Morgan fingerprint density at radius 1 is 1.11 bits per heavy atom. The molecule has 0 aliphatic rings. The predicted octanol–water partition coefficient (Wildman–Crippen LogP) is 3.76. The van der Waals surface area contributed by atoms with Gasteiger partial charge in [0.25, 0.3) is 5.91 Å². The van der Waals surface area contributed by atoms with E-state index in [1.54, 1.807) is 37.6 Å². The number of para-hydroxylation sites is 1. The zero-order valence-corrected chi connectivity index (χ0v) is 14.5. The maximum atomic E-state index is 14.0. The zero-order valence-electron chi connectivity index (χ0n) is 14.5. The van der Waals surface area contributed by atoms with E-state index in [0.29, 0.717) is 22.6 Å². The van der Waals surface area contributed by atoms with Gasteiger partial charge in [0.15, 0.2) is 0 Å². The smallest absolute Gasteiger partial charge is 0.259 e. The lowest BCUT2D eigenvalue weighted by molar-refractivity contribution is 0.102. The Labute approximate surface area is 154 Å². The minimum absolute atomic E-state index is 0.300. The molecule has 0 saturated heterocycles. The van der Waals surface area contributed by atoms with Crippen LogP contribution in [0.5, 0.6) is 0 Å². The first-order valence-corrected chi connectivity index (χ1v) is 8.33. The molecule has 0 aliphatic heterocycles. The number of benzene rings is 2. The molecule has 0 bridgehead atoms. The van der Waals surface area contributed by atoms with Gasteiger partial charge in [-0.3, -0.25) is 4.79 Å². The van der Waals surface area contributed by atoms with Gasteiger partial charge in [-0.2, -0.15) is 5.10 Å². The summed E-state index contributed by atoms with van der Waals surface area (Å²) in [4.78, 5) is 16.6. The van der Waals surface area contributed by atoms with Crippen LogP contribution in [0.4, 0.5) is 10.1 Å². The highest BCUT2D eigenvalue weighted by Gasteiger charge is 2.17. The third kappa shape index (κ3) is 3.22. The number of rotatable bonds is 4. The summed E-state index contributed by atoms with van der Waals surface area (Å²) in [5.74, 6) is -0.698. The lowest BCUT2D eigenvalue weighted by Gasteiger charge is -2.08. The van der Waals surface area contributed by atoms with Crippen molar-refractivity contribution in [2.24, 2.45) is 0 Å². The molecule has 0 fully saturated rings. The van der Waals surface area contributed by atoms with Crippen molar-refractivity contribution in [3.63, 3.8) is 0 Å². The fraction of sp³-hybridized carbons (Fsp3) is 0.0500. The average Bonchev–Trinajstić information content (AvgIpc) is 3.33. The van der Waals surface area contributed by atoms with Crippen LogP contribution in [0.3, 0.4) is 0 Å². The van der Waals surface area contributed by atoms with Gasteiger partial charge in [-0.15, -0.1) is 0 Å². The molecular weight excluding hydrogens is 345 g/mol. The van der Waals surface area contributed by atoms with Crippen LogP contribution in [0.15, 0.2) is 73.4 Å². The molecule has 6 nitrogen and oxygen atoms in total. The van der Waals surface area contributed by atoms with Crippen molar-refractivity contribution >= 4 is 11.6 Å². The number of hydrogen-bond acceptors (Lipinski definition) is 3.